The Kier molecular flexibility index (Phi) is 2.81. The molecule has 2 unspecified atom stereocenters. The third-order valence-corrected chi connectivity index (χ3v) is 3.77. The maximum absolute atomic E-state index is 11.6. The summed E-state index contributed by atoms with van der Waals surface area (Å²) in [6.45, 7) is 1.74. The Morgan fingerprint density at radius 2 is 1.83 bits per heavy atom. The fourth-order valence-electron chi connectivity index (χ4n) is 2.82. The number of carboxylic acid groups (broad SMARTS) is 1. The van der Waals surface area contributed by atoms with Crippen molar-refractivity contribution in [1.29, 1.82) is 0 Å². The van der Waals surface area contributed by atoms with Crippen LogP contribution in [-0.2, 0) is 16.0 Å². The smallest absolute Gasteiger partial charge is 0.435 e. The molecular weight excluding hydrogens is 234 g/mol. The van der Waals surface area contributed by atoms with Crippen molar-refractivity contribution >= 4 is 6.09 Å². The number of nitrogens with zero attached hydrogens (tertiary/aromatic N) is 1. The lowest BCUT2D eigenvalue weighted by atomic mass is 10.2. The molecule has 0 radical (unpaired) electrons. The van der Waals surface area contributed by atoms with Crippen LogP contribution >= 0.6 is 0 Å². The first-order chi connectivity index (χ1) is 8.70. The van der Waals surface area contributed by atoms with E-state index in [4.69, 9.17) is 9.47 Å². The lowest BCUT2D eigenvalue weighted by molar-refractivity contribution is -0.862. The molecule has 96 valence electrons. The minimum absolute atomic E-state index is 0.000648. The highest BCUT2D eigenvalue weighted by molar-refractivity contribution is 5.57. The van der Waals surface area contributed by atoms with Gasteiger partial charge in [0.25, 0.3) is 0 Å². The highest BCUT2D eigenvalue weighted by Gasteiger charge is 2.54. The number of ether oxygens (including phenoxy) is 2. The van der Waals surface area contributed by atoms with Crippen molar-refractivity contribution in [2.24, 2.45) is 0 Å². The van der Waals surface area contributed by atoms with Crippen LogP contribution in [0.5, 0.6) is 0 Å². The summed E-state index contributed by atoms with van der Waals surface area (Å²) in [5, 5.41) is 9.54. The SMILES string of the molecule is O=C(O)[N+]1(Cc2ccccc2)CC2OCOC2C1. The highest BCUT2D eigenvalue weighted by atomic mass is 16.7. The Bertz CT molecular complexity index is 436. The average Bonchev–Trinajstić information content (AvgIpc) is 2.89. The van der Waals surface area contributed by atoms with Gasteiger partial charge in [0.15, 0.2) is 0 Å². The van der Waals surface area contributed by atoms with E-state index in [1.165, 1.54) is 0 Å². The number of quaternary nitrogens is 1. The second-order valence-electron chi connectivity index (χ2n) is 4.96. The molecule has 2 atom stereocenters. The molecule has 0 aromatic heterocycles. The highest BCUT2D eigenvalue weighted by Crippen LogP contribution is 2.31. The Morgan fingerprint density at radius 1 is 1.22 bits per heavy atom. The van der Waals surface area contributed by atoms with E-state index in [9.17, 15) is 9.90 Å². The van der Waals surface area contributed by atoms with Gasteiger partial charge in [-0.15, -0.1) is 0 Å². The molecule has 1 amide bonds. The molecule has 1 aromatic carbocycles. The summed E-state index contributed by atoms with van der Waals surface area (Å²) < 4.78 is 10.8. The lowest BCUT2D eigenvalue weighted by Gasteiger charge is -2.28. The molecule has 5 nitrogen and oxygen atoms in total. The van der Waals surface area contributed by atoms with Crippen LogP contribution in [0.15, 0.2) is 30.3 Å². The first kappa shape index (κ1) is 11.6. The van der Waals surface area contributed by atoms with E-state index in [0.29, 0.717) is 26.4 Å². The Morgan fingerprint density at radius 3 is 2.39 bits per heavy atom. The zero-order chi connectivity index (χ0) is 12.6. The molecule has 0 aliphatic carbocycles. The predicted octanol–water partition coefficient (Wildman–Crippen LogP) is 1.44. The predicted molar refractivity (Wildman–Crippen MR) is 62.8 cm³/mol. The van der Waals surface area contributed by atoms with Gasteiger partial charge in [0.05, 0.1) is 0 Å². The molecule has 5 heteroatoms. The van der Waals surface area contributed by atoms with Gasteiger partial charge in [-0.1, -0.05) is 30.3 Å². The molecule has 2 aliphatic heterocycles. The molecule has 0 bridgehead atoms. The number of amides is 1. The van der Waals surface area contributed by atoms with E-state index in [1.54, 1.807) is 0 Å². The molecule has 0 saturated carbocycles. The van der Waals surface area contributed by atoms with Gasteiger partial charge >= 0.3 is 6.09 Å². The number of benzene rings is 1. The van der Waals surface area contributed by atoms with Gasteiger partial charge in [-0.05, 0) is 0 Å². The molecule has 0 spiro atoms. The van der Waals surface area contributed by atoms with Crippen LogP contribution < -0.4 is 0 Å². The summed E-state index contributed by atoms with van der Waals surface area (Å²) in [6.07, 6.45) is -0.963. The van der Waals surface area contributed by atoms with Crippen LogP contribution in [0.4, 0.5) is 4.79 Å². The normalized spacial score (nSPS) is 34.4. The van der Waals surface area contributed by atoms with Gasteiger partial charge < -0.3 is 14.6 Å². The summed E-state index contributed by atoms with van der Waals surface area (Å²) in [5.41, 5.74) is 1.03. The zero-order valence-corrected chi connectivity index (χ0v) is 9.99. The van der Waals surface area contributed by atoms with Gasteiger partial charge in [-0.25, -0.2) is 4.48 Å². The van der Waals surface area contributed by atoms with Crippen molar-refractivity contribution in [2.45, 2.75) is 18.8 Å². The molecule has 2 saturated heterocycles. The molecule has 2 aliphatic rings. The molecule has 1 aromatic rings. The van der Waals surface area contributed by atoms with Crippen molar-refractivity contribution in [3.63, 3.8) is 0 Å². The number of likely N-dealkylation sites (tertiary alicyclic amines) is 1. The maximum Gasteiger partial charge on any atom is 0.514 e. The Balaban J connectivity index is 1.83. The summed E-state index contributed by atoms with van der Waals surface area (Å²) in [5.74, 6) is 0. The van der Waals surface area contributed by atoms with Crippen LogP contribution in [0.2, 0.25) is 0 Å². The van der Waals surface area contributed by atoms with Crippen LogP contribution in [-0.4, -0.2) is 47.8 Å². The van der Waals surface area contributed by atoms with E-state index in [2.05, 4.69) is 0 Å². The van der Waals surface area contributed by atoms with Crippen molar-refractivity contribution < 1.29 is 23.9 Å². The largest absolute Gasteiger partial charge is 0.514 e. The van der Waals surface area contributed by atoms with E-state index in [1.807, 2.05) is 30.3 Å². The molecule has 1 N–H and O–H groups in total. The molecular formula is C13H16NO4+. The fourth-order valence-corrected chi connectivity index (χ4v) is 2.82. The van der Waals surface area contributed by atoms with E-state index in [-0.39, 0.29) is 16.7 Å². The third-order valence-electron chi connectivity index (χ3n) is 3.77. The molecule has 2 heterocycles. The van der Waals surface area contributed by atoms with E-state index < -0.39 is 6.09 Å². The summed E-state index contributed by atoms with van der Waals surface area (Å²) in [4.78, 5) is 11.6. The van der Waals surface area contributed by atoms with Crippen molar-refractivity contribution in [1.82, 2.24) is 0 Å². The fraction of sp³-hybridized carbons (Fsp3) is 0.462. The van der Waals surface area contributed by atoms with Crippen molar-refractivity contribution in [3.8, 4) is 0 Å². The first-order valence-electron chi connectivity index (χ1n) is 6.06. The number of hydrogen-bond donors (Lipinski definition) is 1. The van der Waals surface area contributed by atoms with Crippen molar-refractivity contribution in [3.05, 3.63) is 35.9 Å². The topological polar surface area (TPSA) is 55.8 Å². The second kappa shape index (κ2) is 4.35. The zero-order valence-electron chi connectivity index (χ0n) is 9.99. The van der Waals surface area contributed by atoms with Crippen LogP contribution in [0.3, 0.4) is 0 Å². The van der Waals surface area contributed by atoms with E-state index >= 15 is 0 Å². The minimum atomic E-state index is -0.805. The van der Waals surface area contributed by atoms with E-state index in [0.717, 1.165) is 5.56 Å². The Labute approximate surface area is 105 Å². The summed E-state index contributed by atoms with van der Waals surface area (Å²) in [7, 11) is 0. The maximum atomic E-state index is 11.6. The van der Waals surface area contributed by atoms with Gasteiger partial charge in [0.1, 0.15) is 38.6 Å². The number of rotatable bonds is 2. The van der Waals surface area contributed by atoms with Gasteiger partial charge in [-0.2, -0.15) is 4.79 Å². The molecule has 3 rings (SSSR count). The first-order valence-corrected chi connectivity index (χ1v) is 6.06. The minimum Gasteiger partial charge on any atom is -0.435 e. The van der Waals surface area contributed by atoms with Crippen LogP contribution in [0.1, 0.15) is 5.56 Å². The average molecular weight is 250 g/mol. The third kappa shape index (κ3) is 1.90. The standard InChI is InChI=1S/C13H15NO4/c15-13(16)14(6-10-4-2-1-3-5-10)7-11-12(8-14)18-9-17-11/h1-5,11-12H,6-9H2/p+1. The van der Waals surface area contributed by atoms with Crippen LogP contribution in [0.25, 0.3) is 0 Å². The Hall–Kier alpha value is -1.43. The second-order valence-corrected chi connectivity index (χ2v) is 4.96. The molecule has 18 heavy (non-hydrogen) atoms. The monoisotopic (exact) mass is 250 g/mol. The van der Waals surface area contributed by atoms with Gasteiger partial charge in [0.2, 0.25) is 0 Å². The number of carbonyl (C=O) groups is 1. The lowest BCUT2D eigenvalue weighted by Crippen LogP contribution is -2.50. The quantitative estimate of drug-likeness (QED) is 0.807. The van der Waals surface area contributed by atoms with Gasteiger partial charge in [0, 0.05) is 5.56 Å². The summed E-state index contributed by atoms with van der Waals surface area (Å²) in [6, 6.07) is 9.70. The number of hydrogen-bond acceptors (Lipinski definition) is 3. The summed E-state index contributed by atoms with van der Waals surface area (Å²) >= 11 is 0. The van der Waals surface area contributed by atoms with Crippen LogP contribution in [0, 0.1) is 0 Å². The molecule has 2 fully saturated rings. The van der Waals surface area contributed by atoms with Crippen molar-refractivity contribution in [2.75, 3.05) is 19.9 Å². The number of fused-ring (bicyclic) bond motifs is 1. The van der Waals surface area contributed by atoms with Gasteiger partial charge in [-0.3, -0.25) is 0 Å².